The molecule has 3 rings (SSSR count). The molecule has 0 saturated heterocycles. The van der Waals surface area contributed by atoms with E-state index in [1.807, 2.05) is 19.1 Å². The monoisotopic (exact) mass is 300 g/mol. The predicted molar refractivity (Wildman–Crippen MR) is 80.3 cm³/mol. The van der Waals surface area contributed by atoms with Crippen molar-refractivity contribution in [1.82, 2.24) is 15.5 Å². The molecule has 0 saturated carbocycles. The summed E-state index contributed by atoms with van der Waals surface area (Å²) in [6.07, 6.45) is 3.72. The first-order valence-corrected chi connectivity index (χ1v) is 6.92. The van der Waals surface area contributed by atoms with Crippen LogP contribution in [-0.2, 0) is 4.79 Å². The van der Waals surface area contributed by atoms with Crippen molar-refractivity contribution < 1.29 is 14.0 Å². The van der Waals surface area contributed by atoms with Crippen molar-refractivity contribution in [3.05, 3.63) is 41.0 Å². The van der Waals surface area contributed by atoms with Crippen LogP contribution in [0.3, 0.4) is 0 Å². The molecule has 114 valence electrons. The van der Waals surface area contributed by atoms with Crippen LogP contribution in [0.1, 0.15) is 41.1 Å². The Morgan fingerprint density at radius 2 is 2.36 bits per heavy atom. The first-order chi connectivity index (χ1) is 10.6. The maximum atomic E-state index is 12.0. The number of amides is 2. The average molecular weight is 300 g/mol. The van der Waals surface area contributed by atoms with Crippen LogP contribution in [0, 0.1) is 0 Å². The molecule has 0 fully saturated rings. The van der Waals surface area contributed by atoms with Crippen LogP contribution in [0.15, 0.2) is 28.4 Å². The average Bonchev–Trinajstić information content (AvgIpc) is 3.14. The lowest BCUT2D eigenvalue weighted by Crippen LogP contribution is -2.26. The van der Waals surface area contributed by atoms with E-state index in [0.717, 1.165) is 5.57 Å². The number of carbonyl (C=O) groups excluding carboxylic acids is 2. The van der Waals surface area contributed by atoms with Crippen LogP contribution < -0.4 is 10.6 Å². The Kier molecular flexibility index (Phi) is 3.54. The number of fused-ring (bicyclic) bond motifs is 1. The van der Waals surface area contributed by atoms with Gasteiger partial charge < -0.3 is 15.1 Å². The van der Waals surface area contributed by atoms with E-state index < -0.39 is 0 Å². The number of aromatic amines is 1. The fourth-order valence-corrected chi connectivity index (χ4v) is 2.64. The highest BCUT2D eigenvalue weighted by Crippen LogP contribution is 2.38. The van der Waals surface area contributed by atoms with Crippen LogP contribution in [0.4, 0.5) is 5.82 Å². The Morgan fingerprint density at radius 3 is 3.05 bits per heavy atom. The topological polar surface area (TPSA) is 100 Å². The van der Waals surface area contributed by atoms with E-state index in [0.29, 0.717) is 22.8 Å². The van der Waals surface area contributed by atoms with Gasteiger partial charge in [0, 0.05) is 24.9 Å². The molecule has 22 heavy (non-hydrogen) atoms. The van der Waals surface area contributed by atoms with Gasteiger partial charge in [0.1, 0.15) is 11.5 Å². The summed E-state index contributed by atoms with van der Waals surface area (Å²) in [4.78, 5) is 23.9. The molecule has 3 N–H and O–H groups in total. The van der Waals surface area contributed by atoms with Gasteiger partial charge in [-0.25, -0.2) is 0 Å². The minimum absolute atomic E-state index is 0.125. The Labute approximate surface area is 126 Å². The molecule has 2 amide bonds. The zero-order valence-electron chi connectivity index (χ0n) is 12.3. The van der Waals surface area contributed by atoms with Crippen molar-refractivity contribution in [3.63, 3.8) is 0 Å². The fraction of sp³-hybridized carbons (Fsp3) is 0.267. The zero-order chi connectivity index (χ0) is 15.7. The third-order valence-electron chi connectivity index (χ3n) is 3.72. The van der Waals surface area contributed by atoms with E-state index in [9.17, 15) is 9.59 Å². The van der Waals surface area contributed by atoms with E-state index in [2.05, 4.69) is 20.8 Å². The van der Waals surface area contributed by atoms with Gasteiger partial charge in [0.15, 0.2) is 5.82 Å². The Balaban J connectivity index is 2.05. The van der Waals surface area contributed by atoms with Crippen molar-refractivity contribution >= 4 is 23.7 Å². The summed E-state index contributed by atoms with van der Waals surface area (Å²) in [5, 5.41) is 12.0. The molecule has 7 nitrogen and oxygen atoms in total. The molecule has 1 atom stereocenters. The van der Waals surface area contributed by atoms with Gasteiger partial charge >= 0.3 is 0 Å². The maximum absolute atomic E-state index is 12.0. The first-order valence-electron chi connectivity index (χ1n) is 6.92. The molecular weight excluding hydrogens is 284 g/mol. The second-order valence-electron chi connectivity index (χ2n) is 5.15. The third-order valence-corrected chi connectivity index (χ3v) is 3.72. The molecule has 0 radical (unpaired) electrons. The summed E-state index contributed by atoms with van der Waals surface area (Å²) in [5.74, 6) is 0.502. The van der Waals surface area contributed by atoms with Crippen LogP contribution in [-0.4, -0.2) is 29.1 Å². The minimum Gasteiger partial charge on any atom is -0.465 e. The predicted octanol–water partition coefficient (Wildman–Crippen LogP) is 1.89. The Morgan fingerprint density at radius 1 is 1.55 bits per heavy atom. The number of nitrogens with one attached hydrogen (secondary N) is 3. The van der Waals surface area contributed by atoms with Gasteiger partial charge in [-0.1, -0.05) is 5.57 Å². The first kappa shape index (κ1) is 14.1. The SMILES string of the molecule is CNC(=O)c1[nH]nc2c1C(C(C)=Cc1ccco1)CC(=O)N2. The minimum atomic E-state index is -0.263. The smallest absolute Gasteiger partial charge is 0.269 e. The number of hydrogen-bond donors (Lipinski definition) is 3. The number of H-pyrrole nitrogens is 1. The number of rotatable bonds is 3. The third kappa shape index (κ3) is 2.41. The molecule has 3 heterocycles. The van der Waals surface area contributed by atoms with E-state index in [1.165, 1.54) is 0 Å². The van der Waals surface area contributed by atoms with Crippen molar-refractivity contribution in [1.29, 1.82) is 0 Å². The van der Waals surface area contributed by atoms with Gasteiger partial charge in [0.05, 0.1) is 6.26 Å². The molecule has 1 aliphatic heterocycles. The van der Waals surface area contributed by atoms with Crippen molar-refractivity contribution in [2.75, 3.05) is 12.4 Å². The lowest BCUT2D eigenvalue weighted by molar-refractivity contribution is -0.116. The molecule has 2 aromatic rings. The van der Waals surface area contributed by atoms with E-state index >= 15 is 0 Å². The highest BCUT2D eigenvalue weighted by atomic mass is 16.3. The van der Waals surface area contributed by atoms with E-state index in [4.69, 9.17) is 4.42 Å². The van der Waals surface area contributed by atoms with Crippen molar-refractivity contribution in [2.45, 2.75) is 19.3 Å². The van der Waals surface area contributed by atoms with Gasteiger partial charge in [-0.3, -0.25) is 14.7 Å². The second-order valence-corrected chi connectivity index (χ2v) is 5.15. The molecule has 0 aliphatic carbocycles. The largest absolute Gasteiger partial charge is 0.465 e. The Bertz CT molecular complexity index is 743. The Hall–Kier alpha value is -2.83. The normalized spacial score (nSPS) is 17.8. The summed E-state index contributed by atoms with van der Waals surface area (Å²) in [6.45, 7) is 1.91. The number of nitrogens with zero attached hydrogens (tertiary/aromatic N) is 1. The fourth-order valence-electron chi connectivity index (χ4n) is 2.64. The van der Waals surface area contributed by atoms with Gasteiger partial charge in [-0.05, 0) is 25.1 Å². The van der Waals surface area contributed by atoms with Crippen LogP contribution in [0.2, 0.25) is 0 Å². The van der Waals surface area contributed by atoms with Crippen LogP contribution in [0.25, 0.3) is 6.08 Å². The molecule has 1 aliphatic rings. The molecule has 7 heteroatoms. The molecule has 0 aromatic carbocycles. The van der Waals surface area contributed by atoms with Crippen LogP contribution in [0.5, 0.6) is 0 Å². The summed E-state index contributed by atoms with van der Waals surface area (Å²) in [6, 6.07) is 3.63. The second kappa shape index (κ2) is 5.51. The highest BCUT2D eigenvalue weighted by molar-refractivity contribution is 6.00. The molecule has 1 unspecified atom stereocenters. The maximum Gasteiger partial charge on any atom is 0.269 e. The standard InChI is InChI=1S/C15H16N4O3/c1-8(6-9-4-3-5-22-9)10-7-11(20)17-14-12(10)13(18-19-14)15(21)16-2/h3-6,10H,7H2,1-2H3,(H,16,21)(H2,17,18,19,20). The zero-order valence-corrected chi connectivity index (χ0v) is 12.3. The van der Waals surface area contributed by atoms with E-state index in [1.54, 1.807) is 19.4 Å². The quantitative estimate of drug-likeness (QED) is 0.806. The number of anilines is 1. The van der Waals surface area contributed by atoms with Gasteiger partial charge in [0.2, 0.25) is 5.91 Å². The van der Waals surface area contributed by atoms with Gasteiger partial charge in [-0.2, -0.15) is 5.10 Å². The van der Waals surface area contributed by atoms with Crippen molar-refractivity contribution in [3.8, 4) is 0 Å². The lowest BCUT2D eigenvalue weighted by atomic mass is 9.85. The summed E-state index contributed by atoms with van der Waals surface area (Å²) >= 11 is 0. The molecule has 2 aromatic heterocycles. The number of carbonyl (C=O) groups is 2. The summed E-state index contributed by atoms with van der Waals surface area (Å²) in [5.41, 5.74) is 2.01. The molecule has 0 bridgehead atoms. The van der Waals surface area contributed by atoms with Gasteiger partial charge in [-0.15, -0.1) is 0 Å². The van der Waals surface area contributed by atoms with Crippen molar-refractivity contribution in [2.24, 2.45) is 0 Å². The number of furan rings is 1. The summed E-state index contributed by atoms with van der Waals surface area (Å²) < 4.78 is 5.31. The van der Waals surface area contributed by atoms with Gasteiger partial charge in [0.25, 0.3) is 5.91 Å². The molecule has 0 spiro atoms. The number of allylic oxidation sites excluding steroid dienone is 1. The summed E-state index contributed by atoms with van der Waals surface area (Å²) in [7, 11) is 1.55. The number of hydrogen-bond acceptors (Lipinski definition) is 4. The lowest BCUT2D eigenvalue weighted by Gasteiger charge is -2.23. The highest BCUT2D eigenvalue weighted by Gasteiger charge is 2.33. The number of aromatic nitrogens is 2. The molecular formula is C15H16N4O3. The van der Waals surface area contributed by atoms with Crippen LogP contribution >= 0.6 is 0 Å². The van der Waals surface area contributed by atoms with E-state index in [-0.39, 0.29) is 24.2 Å².